The Labute approximate surface area is 185 Å². The van der Waals surface area contributed by atoms with Gasteiger partial charge in [-0.2, -0.15) is 0 Å². The number of rotatable bonds is 12. The van der Waals surface area contributed by atoms with E-state index in [0.29, 0.717) is 25.6 Å². The molecule has 7 heteroatoms. The van der Waals surface area contributed by atoms with Gasteiger partial charge in [0, 0.05) is 38.6 Å². The highest BCUT2D eigenvalue weighted by Gasteiger charge is 2.14. The Bertz CT molecular complexity index is 779. The third-order valence-electron chi connectivity index (χ3n) is 4.88. The molecule has 1 aliphatic rings. The van der Waals surface area contributed by atoms with Crippen LogP contribution in [-0.2, 0) is 22.6 Å². The van der Waals surface area contributed by atoms with Crippen molar-refractivity contribution in [3.63, 3.8) is 0 Å². The van der Waals surface area contributed by atoms with E-state index < -0.39 is 0 Å². The third-order valence-corrected chi connectivity index (χ3v) is 4.88. The van der Waals surface area contributed by atoms with Crippen molar-refractivity contribution in [2.24, 2.45) is 4.99 Å². The number of guanidine groups is 1. The summed E-state index contributed by atoms with van der Waals surface area (Å²) in [5.74, 6) is 1.41. The zero-order chi connectivity index (χ0) is 21.6. The van der Waals surface area contributed by atoms with E-state index >= 15 is 0 Å². The van der Waals surface area contributed by atoms with Crippen LogP contribution < -0.4 is 15.4 Å². The van der Waals surface area contributed by atoms with E-state index in [0.717, 1.165) is 62.7 Å². The minimum Gasteiger partial charge on any atom is -0.473 e. The van der Waals surface area contributed by atoms with Gasteiger partial charge in [-0.25, -0.2) is 9.98 Å². The summed E-state index contributed by atoms with van der Waals surface area (Å²) in [6.07, 6.45) is 5.23. The second kappa shape index (κ2) is 13.6. The monoisotopic (exact) mass is 426 g/mol. The molecule has 2 heterocycles. The normalized spacial score (nSPS) is 16.3. The Morgan fingerprint density at radius 2 is 2.10 bits per heavy atom. The Balaban J connectivity index is 1.39. The Morgan fingerprint density at radius 1 is 1.19 bits per heavy atom. The summed E-state index contributed by atoms with van der Waals surface area (Å²) in [5.41, 5.74) is 2.17. The van der Waals surface area contributed by atoms with E-state index in [2.05, 4.69) is 27.5 Å². The molecule has 2 aromatic rings. The zero-order valence-electron chi connectivity index (χ0n) is 18.4. The van der Waals surface area contributed by atoms with Crippen LogP contribution in [0.25, 0.3) is 0 Å². The lowest BCUT2D eigenvalue weighted by Gasteiger charge is -2.13. The first-order chi connectivity index (χ1) is 15.3. The lowest BCUT2D eigenvalue weighted by molar-refractivity contribution is 0.0168. The fraction of sp³-hybridized carbons (Fsp3) is 0.500. The van der Waals surface area contributed by atoms with Gasteiger partial charge in [0.25, 0.3) is 0 Å². The number of pyridine rings is 1. The van der Waals surface area contributed by atoms with Crippen LogP contribution in [0.4, 0.5) is 0 Å². The maximum Gasteiger partial charge on any atom is 0.213 e. The molecule has 0 bridgehead atoms. The second-order valence-corrected chi connectivity index (χ2v) is 7.46. The van der Waals surface area contributed by atoms with Crippen LogP contribution in [0.15, 0.2) is 53.7 Å². The number of aliphatic imine (C=N–C) groups is 1. The second-order valence-electron chi connectivity index (χ2n) is 7.46. The van der Waals surface area contributed by atoms with Crippen LogP contribution in [0.3, 0.4) is 0 Å². The van der Waals surface area contributed by atoms with Gasteiger partial charge in [-0.1, -0.05) is 30.3 Å². The average molecular weight is 427 g/mol. The highest BCUT2D eigenvalue weighted by atomic mass is 16.5. The van der Waals surface area contributed by atoms with Crippen LogP contribution in [0.1, 0.15) is 37.3 Å². The predicted octanol–water partition coefficient (Wildman–Crippen LogP) is 3.30. The molecule has 1 aromatic carbocycles. The molecule has 168 valence electrons. The van der Waals surface area contributed by atoms with Crippen molar-refractivity contribution in [3.8, 4) is 5.88 Å². The summed E-state index contributed by atoms with van der Waals surface area (Å²) in [6, 6.07) is 14.0. The highest BCUT2D eigenvalue weighted by Crippen LogP contribution is 2.13. The standard InChI is InChI=1S/C24H34N4O3/c1-2-25-24(27-12-7-14-29-19-22-10-6-15-30-22)28-17-21-11-13-26-23(16-21)31-18-20-8-4-3-5-9-20/h3-5,8-9,11,13,16,22H,2,6-7,10,12,14-15,17-19H2,1H3,(H2,25,27,28). The SMILES string of the molecule is CCNC(=NCc1ccnc(OCc2ccccc2)c1)NCCCOCC1CCCO1. The first-order valence-corrected chi connectivity index (χ1v) is 11.2. The van der Waals surface area contributed by atoms with Crippen LogP contribution >= 0.6 is 0 Å². The Morgan fingerprint density at radius 3 is 2.90 bits per heavy atom. The van der Waals surface area contributed by atoms with E-state index in [1.165, 1.54) is 0 Å². The molecule has 1 aliphatic heterocycles. The van der Waals surface area contributed by atoms with Crippen LogP contribution in [0.5, 0.6) is 5.88 Å². The fourth-order valence-corrected chi connectivity index (χ4v) is 3.24. The number of aromatic nitrogens is 1. The molecule has 31 heavy (non-hydrogen) atoms. The van der Waals surface area contributed by atoms with Crippen LogP contribution in [-0.4, -0.2) is 50.0 Å². The van der Waals surface area contributed by atoms with E-state index in [1.54, 1.807) is 6.20 Å². The Kier molecular flexibility index (Phi) is 10.1. The average Bonchev–Trinajstić information content (AvgIpc) is 3.33. The van der Waals surface area contributed by atoms with Crippen molar-refractivity contribution in [1.29, 1.82) is 0 Å². The van der Waals surface area contributed by atoms with Crippen LogP contribution in [0.2, 0.25) is 0 Å². The molecule has 0 aliphatic carbocycles. The van der Waals surface area contributed by atoms with Gasteiger partial charge in [0.2, 0.25) is 5.88 Å². The predicted molar refractivity (Wildman–Crippen MR) is 122 cm³/mol. The first-order valence-electron chi connectivity index (χ1n) is 11.2. The minimum absolute atomic E-state index is 0.286. The van der Waals surface area contributed by atoms with Crippen molar-refractivity contribution in [1.82, 2.24) is 15.6 Å². The molecule has 7 nitrogen and oxygen atoms in total. The molecule has 1 aromatic heterocycles. The number of hydrogen-bond acceptors (Lipinski definition) is 5. The van der Waals surface area contributed by atoms with Crippen molar-refractivity contribution in [2.45, 2.75) is 45.4 Å². The minimum atomic E-state index is 0.286. The molecular weight excluding hydrogens is 392 g/mol. The van der Waals surface area contributed by atoms with Crippen molar-refractivity contribution in [2.75, 3.05) is 32.9 Å². The van der Waals surface area contributed by atoms with E-state index in [1.807, 2.05) is 42.5 Å². The van der Waals surface area contributed by atoms with E-state index in [4.69, 9.17) is 14.2 Å². The topological polar surface area (TPSA) is 77.0 Å². The molecule has 2 N–H and O–H groups in total. The number of hydrogen-bond donors (Lipinski definition) is 2. The summed E-state index contributed by atoms with van der Waals surface area (Å²) in [4.78, 5) is 8.97. The van der Waals surface area contributed by atoms with Crippen LogP contribution in [0, 0.1) is 0 Å². The number of ether oxygens (including phenoxy) is 3. The summed E-state index contributed by atoms with van der Waals surface area (Å²) in [6.45, 7) is 7.01. The quantitative estimate of drug-likeness (QED) is 0.308. The van der Waals surface area contributed by atoms with Gasteiger partial charge in [0.15, 0.2) is 5.96 Å². The molecule has 1 fully saturated rings. The first kappa shape index (κ1) is 23.0. The molecule has 0 saturated carbocycles. The van der Waals surface area contributed by atoms with Gasteiger partial charge in [-0.15, -0.1) is 0 Å². The number of benzene rings is 1. The van der Waals surface area contributed by atoms with Gasteiger partial charge in [0.1, 0.15) is 6.61 Å². The van der Waals surface area contributed by atoms with Crippen molar-refractivity contribution >= 4 is 5.96 Å². The molecule has 1 unspecified atom stereocenters. The smallest absolute Gasteiger partial charge is 0.213 e. The molecule has 1 saturated heterocycles. The summed E-state index contributed by atoms with van der Waals surface area (Å²) in [5, 5.41) is 6.64. The van der Waals surface area contributed by atoms with Gasteiger partial charge in [-0.05, 0) is 43.4 Å². The summed E-state index contributed by atoms with van der Waals surface area (Å²) in [7, 11) is 0. The lowest BCUT2D eigenvalue weighted by atomic mass is 10.2. The van der Waals surface area contributed by atoms with E-state index in [-0.39, 0.29) is 6.10 Å². The largest absolute Gasteiger partial charge is 0.473 e. The third kappa shape index (κ3) is 8.94. The Hall–Kier alpha value is -2.64. The lowest BCUT2D eigenvalue weighted by Crippen LogP contribution is -2.38. The molecular formula is C24H34N4O3. The summed E-state index contributed by atoms with van der Waals surface area (Å²) < 4.78 is 17.1. The molecule has 0 spiro atoms. The van der Waals surface area contributed by atoms with Gasteiger partial charge in [-0.3, -0.25) is 0 Å². The molecule has 1 atom stereocenters. The number of nitrogens with one attached hydrogen (secondary N) is 2. The maximum atomic E-state index is 5.81. The summed E-state index contributed by atoms with van der Waals surface area (Å²) >= 11 is 0. The van der Waals surface area contributed by atoms with Gasteiger partial charge >= 0.3 is 0 Å². The van der Waals surface area contributed by atoms with Gasteiger partial charge < -0.3 is 24.8 Å². The van der Waals surface area contributed by atoms with Gasteiger partial charge in [0.05, 0.1) is 19.3 Å². The number of nitrogens with zero attached hydrogens (tertiary/aromatic N) is 2. The maximum absolute atomic E-state index is 5.81. The molecule has 3 rings (SSSR count). The fourth-order valence-electron chi connectivity index (χ4n) is 3.24. The van der Waals surface area contributed by atoms with Crippen molar-refractivity contribution < 1.29 is 14.2 Å². The van der Waals surface area contributed by atoms with Crippen molar-refractivity contribution in [3.05, 3.63) is 59.8 Å². The van der Waals surface area contributed by atoms with E-state index in [9.17, 15) is 0 Å². The molecule has 0 radical (unpaired) electrons. The highest BCUT2D eigenvalue weighted by molar-refractivity contribution is 5.79. The zero-order valence-corrected chi connectivity index (χ0v) is 18.4. The molecule has 0 amide bonds.